The molecular formula is C23H29NO2. The van der Waals surface area contributed by atoms with Gasteiger partial charge in [-0.05, 0) is 42.6 Å². The van der Waals surface area contributed by atoms with E-state index in [2.05, 4.69) is 29.2 Å². The molecule has 1 fully saturated rings. The van der Waals surface area contributed by atoms with Gasteiger partial charge in [0.2, 0.25) is 0 Å². The van der Waals surface area contributed by atoms with E-state index < -0.39 is 0 Å². The predicted molar refractivity (Wildman–Crippen MR) is 106 cm³/mol. The number of ketones is 1. The number of Topliss-reactive ketones (excluding diaryl/α,β-unsaturated/α-hetero) is 1. The van der Waals surface area contributed by atoms with Crippen LogP contribution in [-0.4, -0.2) is 24.3 Å². The molecule has 26 heavy (non-hydrogen) atoms. The molecule has 0 radical (unpaired) electrons. The van der Waals surface area contributed by atoms with Crippen LogP contribution in [0.15, 0.2) is 48.5 Å². The molecule has 0 N–H and O–H groups in total. The Balaban J connectivity index is 1.87. The average Bonchev–Trinajstić information content (AvgIpc) is 2.68. The van der Waals surface area contributed by atoms with Gasteiger partial charge in [-0.2, -0.15) is 0 Å². The first-order chi connectivity index (χ1) is 12.6. The van der Waals surface area contributed by atoms with Crippen molar-refractivity contribution in [3.8, 4) is 5.75 Å². The fourth-order valence-electron chi connectivity index (χ4n) is 3.83. The topological polar surface area (TPSA) is 29.5 Å². The first-order valence-electron chi connectivity index (χ1n) is 9.60. The number of hydrogen-bond acceptors (Lipinski definition) is 3. The summed E-state index contributed by atoms with van der Waals surface area (Å²) in [4.78, 5) is 15.1. The van der Waals surface area contributed by atoms with E-state index in [1.165, 1.54) is 18.4 Å². The van der Waals surface area contributed by atoms with Crippen LogP contribution in [0.25, 0.3) is 0 Å². The van der Waals surface area contributed by atoms with Gasteiger partial charge in [-0.1, -0.05) is 56.7 Å². The van der Waals surface area contributed by atoms with Crippen LogP contribution in [-0.2, 0) is 6.54 Å². The molecule has 138 valence electrons. The van der Waals surface area contributed by atoms with E-state index in [1.807, 2.05) is 38.1 Å². The zero-order valence-corrected chi connectivity index (χ0v) is 16.1. The second-order valence-electron chi connectivity index (χ2n) is 7.43. The van der Waals surface area contributed by atoms with E-state index in [1.54, 1.807) is 7.11 Å². The maximum Gasteiger partial charge on any atom is 0.165 e. The first kappa shape index (κ1) is 18.7. The third kappa shape index (κ3) is 4.16. The van der Waals surface area contributed by atoms with Crippen molar-refractivity contribution < 1.29 is 9.53 Å². The SMILES string of the molecule is COc1cccc(C2CCCCN2Cc2ccccc2C(=O)C(C)C)c1. The molecule has 1 aliphatic rings. The highest BCUT2D eigenvalue weighted by molar-refractivity contribution is 5.98. The molecular weight excluding hydrogens is 322 g/mol. The number of benzene rings is 2. The van der Waals surface area contributed by atoms with Gasteiger partial charge in [0, 0.05) is 24.1 Å². The maximum atomic E-state index is 12.6. The molecule has 0 bridgehead atoms. The summed E-state index contributed by atoms with van der Waals surface area (Å²) in [7, 11) is 1.71. The highest BCUT2D eigenvalue weighted by Gasteiger charge is 2.26. The van der Waals surface area contributed by atoms with Gasteiger partial charge in [-0.25, -0.2) is 0 Å². The third-order valence-corrected chi connectivity index (χ3v) is 5.27. The van der Waals surface area contributed by atoms with E-state index in [9.17, 15) is 4.79 Å². The number of likely N-dealkylation sites (tertiary alicyclic amines) is 1. The van der Waals surface area contributed by atoms with Crippen molar-refractivity contribution in [1.29, 1.82) is 0 Å². The van der Waals surface area contributed by atoms with Crippen LogP contribution in [0.2, 0.25) is 0 Å². The van der Waals surface area contributed by atoms with Gasteiger partial charge in [0.05, 0.1) is 7.11 Å². The highest BCUT2D eigenvalue weighted by Crippen LogP contribution is 2.34. The molecule has 2 aromatic rings. The van der Waals surface area contributed by atoms with Crippen LogP contribution in [0, 0.1) is 5.92 Å². The monoisotopic (exact) mass is 351 g/mol. The van der Waals surface area contributed by atoms with E-state index >= 15 is 0 Å². The lowest BCUT2D eigenvalue weighted by Gasteiger charge is -2.36. The number of rotatable bonds is 6. The number of carbonyl (C=O) groups excluding carboxylic acids is 1. The summed E-state index contributed by atoms with van der Waals surface area (Å²) in [6, 6.07) is 16.9. The lowest BCUT2D eigenvalue weighted by Crippen LogP contribution is -2.33. The van der Waals surface area contributed by atoms with Crippen molar-refractivity contribution in [2.75, 3.05) is 13.7 Å². The number of methoxy groups -OCH3 is 1. The van der Waals surface area contributed by atoms with Crippen molar-refractivity contribution in [2.24, 2.45) is 5.92 Å². The average molecular weight is 351 g/mol. The summed E-state index contributed by atoms with van der Waals surface area (Å²) >= 11 is 0. The molecule has 1 unspecified atom stereocenters. The second-order valence-corrected chi connectivity index (χ2v) is 7.43. The Morgan fingerprint density at radius 3 is 2.73 bits per heavy atom. The number of hydrogen-bond donors (Lipinski definition) is 0. The van der Waals surface area contributed by atoms with E-state index in [-0.39, 0.29) is 11.7 Å². The minimum atomic E-state index is 0.0201. The summed E-state index contributed by atoms with van der Waals surface area (Å²) in [5, 5.41) is 0. The van der Waals surface area contributed by atoms with Crippen molar-refractivity contribution in [3.05, 3.63) is 65.2 Å². The Bertz CT molecular complexity index is 753. The van der Waals surface area contributed by atoms with Gasteiger partial charge >= 0.3 is 0 Å². The fraction of sp³-hybridized carbons (Fsp3) is 0.435. The first-order valence-corrected chi connectivity index (χ1v) is 9.60. The van der Waals surface area contributed by atoms with Crippen molar-refractivity contribution in [3.63, 3.8) is 0 Å². The zero-order chi connectivity index (χ0) is 18.5. The molecule has 1 aliphatic heterocycles. The Labute approximate surface area is 157 Å². The molecule has 0 aliphatic carbocycles. The minimum Gasteiger partial charge on any atom is -0.497 e. The molecule has 1 atom stereocenters. The third-order valence-electron chi connectivity index (χ3n) is 5.27. The molecule has 0 aromatic heterocycles. The van der Waals surface area contributed by atoms with Crippen LogP contribution >= 0.6 is 0 Å². The van der Waals surface area contributed by atoms with Crippen molar-refractivity contribution >= 4 is 5.78 Å². The lowest BCUT2D eigenvalue weighted by atomic mass is 9.92. The molecule has 0 amide bonds. The van der Waals surface area contributed by atoms with Crippen LogP contribution in [0.3, 0.4) is 0 Å². The normalized spacial score (nSPS) is 18.1. The zero-order valence-electron chi connectivity index (χ0n) is 16.1. The van der Waals surface area contributed by atoms with Gasteiger partial charge in [0.25, 0.3) is 0 Å². The van der Waals surface area contributed by atoms with Crippen LogP contribution in [0.4, 0.5) is 0 Å². The minimum absolute atomic E-state index is 0.0201. The van der Waals surface area contributed by atoms with Gasteiger partial charge in [0.1, 0.15) is 5.75 Å². The van der Waals surface area contributed by atoms with Crippen LogP contribution in [0.5, 0.6) is 5.75 Å². The molecule has 1 heterocycles. The Morgan fingerprint density at radius 2 is 1.96 bits per heavy atom. The fourth-order valence-corrected chi connectivity index (χ4v) is 3.83. The van der Waals surface area contributed by atoms with Crippen molar-refractivity contribution in [1.82, 2.24) is 4.90 Å². The van der Waals surface area contributed by atoms with Crippen molar-refractivity contribution in [2.45, 2.75) is 45.7 Å². The molecule has 3 heteroatoms. The number of carbonyl (C=O) groups is 1. The number of piperidine rings is 1. The van der Waals surface area contributed by atoms with Gasteiger partial charge in [-0.15, -0.1) is 0 Å². The smallest absolute Gasteiger partial charge is 0.165 e. The summed E-state index contributed by atoms with van der Waals surface area (Å²) in [6.45, 7) is 5.82. The molecule has 0 saturated carbocycles. The number of nitrogens with zero attached hydrogens (tertiary/aromatic N) is 1. The molecule has 1 saturated heterocycles. The Morgan fingerprint density at radius 1 is 1.15 bits per heavy atom. The van der Waals surface area contributed by atoms with E-state index in [0.29, 0.717) is 6.04 Å². The predicted octanol–water partition coefficient (Wildman–Crippen LogP) is 5.26. The Hall–Kier alpha value is -2.13. The van der Waals surface area contributed by atoms with E-state index in [4.69, 9.17) is 4.74 Å². The lowest BCUT2D eigenvalue weighted by molar-refractivity contribution is 0.0934. The maximum absolute atomic E-state index is 12.6. The van der Waals surface area contributed by atoms with Gasteiger partial charge in [0.15, 0.2) is 5.78 Å². The quantitative estimate of drug-likeness (QED) is 0.665. The highest BCUT2D eigenvalue weighted by atomic mass is 16.5. The standard InChI is InChI=1S/C23H29NO2/c1-17(2)23(25)21-12-5-4-9-19(21)16-24-14-7-6-13-22(24)18-10-8-11-20(15-18)26-3/h4-5,8-12,15,17,22H,6-7,13-14,16H2,1-3H3. The van der Waals surface area contributed by atoms with E-state index in [0.717, 1.165) is 36.4 Å². The van der Waals surface area contributed by atoms with Crippen LogP contribution < -0.4 is 4.74 Å². The molecule has 3 nitrogen and oxygen atoms in total. The number of ether oxygens (including phenoxy) is 1. The molecule has 3 rings (SSSR count). The molecule has 2 aromatic carbocycles. The summed E-state index contributed by atoms with van der Waals surface area (Å²) < 4.78 is 5.41. The molecule has 0 spiro atoms. The van der Waals surface area contributed by atoms with Gasteiger partial charge < -0.3 is 4.74 Å². The summed E-state index contributed by atoms with van der Waals surface area (Å²) in [5.41, 5.74) is 3.31. The van der Waals surface area contributed by atoms with Crippen LogP contribution in [0.1, 0.15) is 60.6 Å². The largest absolute Gasteiger partial charge is 0.497 e. The summed E-state index contributed by atoms with van der Waals surface area (Å²) in [6.07, 6.45) is 3.60. The Kier molecular flexibility index (Phi) is 6.10. The second kappa shape index (κ2) is 8.50. The summed E-state index contributed by atoms with van der Waals surface area (Å²) in [5.74, 6) is 1.16. The van der Waals surface area contributed by atoms with Gasteiger partial charge in [-0.3, -0.25) is 9.69 Å².